The monoisotopic (exact) mass is 375 g/mol. The van der Waals surface area contributed by atoms with Gasteiger partial charge in [-0.2, -0.15) is 0 Å². The molecule has 5 aliphatic carbocycles. The van der Waals surface area contributed by atoms with Gasteiger partial charge in [0.15, 0.2) is 0 Å². The highest BCUT2D eigenvalue weighted by Crippen LogP contribution is 2.69. The number of para-hydroxylation sites is 1. The minimum Gasteiger partial charge on any atom is -0.355 e. The summed E-state index contributed by atoms with van der Waals surface area (Å²) in [6, 6.07) is 23.3. The van der Waals surface area contributed by atoms with Crippen molar-refractivity contribution in [3.05, 3.63) is 71.8 Å². The smallest absolute Gasteiger partial charge is 0.0468 e. The molecule has 3 aromatic carbocycles. The Bertz CT molecular complexity index is 1290. The van der Waals surface area contributed by atoms with E-state index in [4.69, 9.17) is 0 Å². The van der Waals surface area contributed by atoms with E-state index in [1.807, 2.05) is 0 Å². The minimum atomic E-state index is 0.269. The van der Waals surface area contributed by atoms with E-state index in [9.17, 15) is 0 Å². The first-order chi connectivity index (χ1) is 14.3. The molecule has 1 aromatic heterocycles. The lowest BCUT2D eigenvalue weighted by Crippen LogP contribution is -2.55. The highest BCUT2D eigenvalue weighted by molar-refractivity contribution is 6.09. The van der Waals surface area contributed by atoms with Crippen LogP contribution in [-0.4, -0.2) is 4.98 Å². The predicted molar refractivity (Wildman–Crippen MR) is 119 cm³/mol. The van der Waals surface area contributed by atoms with Crippen molar-refractivity contribution in [1.82, 2.24) is 4.98 Å². The van der Waals surface area contributed by atoms with Crippen LogP contribution in [0.25, 0.3) is 32.9 Å². The summed E-state index contributed by atoms with van der Waals surface area (Å²) in [4.78, 5) is 3.74. The van der Waals surface area contributed by atoms with Crippen LogP contribution in [-0.2, 0) is 5.41 Å². The molecule has 4 aromatic rings. The van der Waals surface area contributed by atoms with Gasteiger partial charge in [0, 0.05) is 27.2 Å². The molecule has 142 valence electrons. The van der Waals surface area contributed by atoms with Crippen LogP contribution < -0.4 is 0 Å². The van der Waals surface area contributed by atoms with Crippen LogP contribution >= 0.6 is 0 Å². The van der Waals surface area contributed by atoms with Gasteiger partial charge >= 0.3 is 0 Å². The average Bonchev–Trinajstić information content (AvgIpc) is 3.24. The maximum absolute atomic E-state index is 3.74. The number of benzene rings is 3. The summed E-state index contributed by atoms with van der Waals surface area (Å²) >= 11 is 0. The second-order valence-corrected chi connectivity index (χ2v) is 10.3. The molecule has 0 saturated heterocycles. The molecule has 4 fully saturated rings. The molecule has 1 heteroatoms. The van der Waals surface area contributed by atoms with E-state index in [2.05, 4.69) is 65.6 Å². The Kier molecular flexibility index (Phi) is 2.62. The summed E-state index contributed by atoms with van der Waals surface area (Å²) in [6.07, 6.45) is 7.31. The van der Waals surface area contributed by atoms with Gasteiger partial charge in [-0.15, -0.1) is 0 Å². The molecule has 1 nitrogen and oxygen atoms in total. The van der Waals surface area contributed by atoms with Crippen molar-refractivity contribution in [3.63, 3.8) is 0 Å². The van der Waals surface area contributed by atoms with E-state index in [1.165, 1.54) is 65.0 Å². The predicted octanol–water partition coefficient (Wildman–Crippen LogP) is 7.04. The largest absolute Gasteiger partial charge is 0.355 e. The fourth-order valence-corrected chi connectivity index (χ4v) is 8.49. The Labute approximate surface area is 171 Å². The van der Waals surface area contributed by atoms with E-state index in [-0.39, 0.29) is 5.41 Å². The quantitative estimate of drug-likeness (QED) is 0.339. The zero-order valence-electron chi connectivity index (χ0n) is 16.6. The Morgan fingerprint density at radius 2 is 1.34 bits per heavy atom. The maximum atomic E-state index is 3.74. The highest BCUT2D eigenvalue weighted by atomic mass is 14.7. The summed E-state index contributed by atoms with van der Waals surface area (Å²) < 4.78 is 0. The van der Waals surface area contributed by atoms with E-state index in [0.29, 0.717) is 0 Å². The SMILES string of the molecule is c1ccc2c(c1)-c1cc3c(cc1C21C2CC4CC(C2)CC1C4)[nH]c1ccccc13. The fourth-order valence-electron chi connectivity index (χ4n) is 8.49. The molecule has 5 aliphatic rings. The molecular formula is C28H25N. The lowest BCUT2D eigenvalue weighted by molar-refractivity contribution is -0.0399. The van der Waals surface area contributed by atoms with Crippen LogP contribution in [0.15, 0.2) is 60.7 Å². The van der Waals surface area contributed by atoms with E-state index >= 15 is 0 Å². The van der Waals surface area contributed by atoms with Gasteiger partial charge in [0.2, 0.25) is 0 Å². The van der Waals surface area contributed by atoms with Gasteiger partial charge in [-0.1, -0.05) is 42.5 Å². The molecule has 0 unspecified atom stereocenters. The standard InChI is InChI=1S/C28H25N/c1-3-7-24-20(5-1)22-14-23-21-6-2-4-8-26(21)29-27(23)15-25(22)28(24)18-10-16-9-17(12-18)13-19(28)11-16/h1-8,14-19,29H,9-13H2. The highest BCUT2D eigenvalue weighted by Gasteiger charge is 2.61. The van der Waals surface area contributed by atoms with Crippen molar-refractivity contribution in [1.29, 1.82) is 0 Å². The van der Waals surface area contributed by atoms with E-state index < -0.39 is 0 Å². The van der Waals surface area contributed by atoms with Crippen molar-refractivity contribution in [2.24, 2.45) is 23.7 Å². The van der Waals surface area contributed by atoms with Crippen molar-refractivity contribution >= 4 is 21.8 Å². The third-order valence-corrected chi connectivity index (χ3v) is 9.18. The molecular weight excluding hydrogens is 350 g/mol. The van der Waals surface area contributed by atoms with Crippen LogP contribution in [0.2, 0.25) is 0 Å². The normalized spacial score (nSPS) is 33.7. The van der Waals surface area contributed by atoms with Gasteiger partial charge in [0.1, 0.15) is 0 Å². The summed E-state index contributed by atoms with van der Waals surface area (Å²) in [7, 11) is 0. The second-order valence-electron chi connectivity index (χ2n) is 10.3. The fraction of sp³-hybridized carbons (Fsp3) is 0.357. The van der Waals surface area contributed by atoms with Crippen LogP contribution in [0.1, 0.15) is 43.2 Å². The number of fused-ring (bicyclic) bond motifs is 6. The van der Waals surface area contributed by atoms with E-state index in [0.717, 1.165) is 23.7 Å². The topological polar surface area (TPSA) is 15.8 Å². The number of aromatic nitrogens is 1. The number of nitrogens with one attached hydrogen (secondary N) is 1. The van der Waals surface area contributed by atoms with Gasteiger partial charge in [-0.05, 0) is 96.2 Å². The average molecular weight is 376 g/mol. The Hall–Kier alpha value is -2.54. The van der Waals surface area contributed by atoms with Crippen molar-refractivity contribution in [2.45, 2.75) is 37.5 Å². The summed E-state index contributed by atoms with van der Waals surface area (Å²) in [5.41, 5.74) is 9.19. The molecule has 4 bridgehead atoms. The molecule has 1 N–H and O–H groups in total. The van der Waals surface area contributed by atoms with Gasteiger partial charge < -0.3 is 4.98 Å². The number of aromatic amines is 1. The molecule has 9 rings (SSSR count). The second kappa shape index (κ2) is 4.95. The summed E-state index contributed by atoms with van der Waals surface area (Å²) in [5, 5.41) is 2.74. The molecule has 4 saturated carbocycles. The first-order valence-corrected chi connectivity index (χ1v) is 11.5. The summed E-state index contributed by atoms with van der Waals surface area (Å²) in [5.74, 6) is 3.67. The molecule has 0 atom stereocenters. The number of H-pyrrole nitrogens is 1. The minimum absolute atomic E-state index is 0.269. The number of rotatable bonds is 0. The Balaban J connectivity index is 1.49. The molecule has 0 aliphatic heterocycles. The Morgan fingerprint density at radius 1 is 0.621 bits per heavy atom. The van der Waals surface area contributed by atoms with Crippen LogP contribution in [0, 0.1) is 23.7 Å². The number of hydrogen-bond donors (Lipinski definition) is 1. The van der Waals surface area contributed by atoms with Crippen LogP contribution in [0.3, 0.4) is 0 Å². The van der Waals surface area contributed by atoms with Crippen molar-refractivity contribution < 1.29 is 0 Å². The summed E-state index contributed by atoms with van der Waals surface area (Å²) in [6.45, 7) is 0. The van der Waals surface area contributed by atoms with Crippen molar-refractivity contribution in [3.8, 4) is 11.1 Å². The Morgan fingerprint density at radius 3 is 2.17 bits per heavy atom. The zero-order valence-corrected chi connectivity index (χ0v) is 16.6. The first kappa shape index (κ1) is 15.3. The third-order valence-electron chi connectivity index (χ3n) is 9.18. The molecule has 0 amide bonds. The lowest BCUT2D eigenvalue weighted by atomic mass is 9.43. The van der Waals surface area contributed by atoms with E-state index in [1.54, 1.807) is 11.1 Å². The lowest BCUT2D eigenvalue weighted by Gasteiger charge is -2.61. The maximum Gasteiger partial charge on any atom is 0.0468 e. The van der Waals surface area contributed by atoms with Gasteiger partial charge in [-0.25, -0.2) is 0 Å². The van der Waals surface area contributed by atoms with Gasteiger partial charge in [0.05, 0.1) is 0 Å². The van der Waals surface area contributed by atoms with Crippen LogP contribution in [0.4, 0.5) is 0 Å². The third kappa shape index (κ3) is 1.68. The number of hydrogen-bond acceptors (Lipinski definition) is 0. The van der Waals surface area contributed by atoms with Crippen molar-refractivity contribution in [2.75, 3.05) is 0 Å². The molecule has 0 radical (unpaired) electrons. The van der Waals surface area contributed by atoms with Crippen LogP contribution in [0.5, 0.6) is 0 Å². The zero-order chi connectivity index (χ0) is 18.7. The molecule has 29 heavy (non-hydrogen) atoms. The molecule has 1 heterocycles. The molecule has 1 spiro atoms. The van der Waals surface area contributed by atoms with Gasteiger partial charge in [0.25, 0.3) is 0 Å². The van der Waals surface area contributed by atoms with Gasteiger partial charge in [-0.3, -0.25) is 0 Å². The first-order valence-electron chi connectivity index (χ1n) is 11.5.